The smallest absolute Gasteiger partial charge is 0.337 e. The zero-order valence-corrected chi connectivity index (χ0v) is 18.6. The fourth-order valence-corrected chi connectivity index (χ4v) is 3.90. The second-order valence-corrected chi connectivity index (χ2v) is 8.29. The SMILES string of the molecule is COC(=O)c1ccc(CN2CCC(N(Cc3cccnc3)C(=O)NC(C)C)CC2)cc1. The second kappa shape index (κ2) is 10.9. The molecule has 2 amide bonds. The molecule has 0 unspecified atom stereocenters. The first kappa shape index (κ1) is 22.7. The van der Waals surface area contributed by atoms with Gasteiger partial charge >= 0.3 is 12.0 Å². The van der Waals surface area contributed by atoms with E-state index in [1.165, 1.54) is 7.11 Å². The van der Waals surface area contributed by atoms with Crippen molar-refractivity contribution in [2.75, 3.05) is 20.2 Å². The Morgan fingerprint density at radius 1 is 1.16 bits per heavy atom. The minimum Gasteiger partial charge on any atom is -0.465 e. The Bertz CT molecular complexity index is 847. The fraction of sp³-hybridized carbons (Fsp3) is 0.458. The predicted octanol–water partition coefficient (Wildman–Crippen LogP) is 3.45. The van der Waals surface area contributed by atoms with Crippen LogP contribution in [-0.4, -0.2) is 59.1 Å². The van der Waals surface area contributed by atoms with Gasteiger partial charge in [0.05, 0.1) is 12.7 Å². The Kier molecular flexibility index (Phi) is 8.00. The average Bonchev–Trinajstić information content (AvgIpc) is 2.78. The number of amides is 2. The van der Waals surface area contributed by atoms with E-state index in [2.05, 4.69) is 15.2 Å². The van der Waals surface area contributed by atoms with Gasteiger partial charge in [0, 0.05) is 50.7 Å². The molecule has 0 saturated carbocycles. The Morgan fingerprint density at radius 2 is 1.87 bits per heavy atom. The van der Waals surface area contributed by atoms with Gasteiger partial charge in [0.2, 0.25) is 0 Å². The molecule has 166 valence electrons. The zero-order valence-electron chi connectivity index (χ0n) is 18.6. The molecule has 31 heavy (non-hydrogen) atoms. The maximum atomic E-state index is 12.9. The minimum absolute atomic E-state index is 0.0179. The van der Waals surface area contributed by atoms with Crippen LogP contribution in [0.15, 0.2) is 48.8 Å². The van der Waals surface area contributed by atoms with Crippen molar-refractivity contribution in [2.24, 2.45) is 0 Å². The summed E-state index contributed by atoms with van der Waals surface area (Å²) < 4.78 is 4.76. The van der Waals surface area contributed by atoms with Gasteiger partial charge in [-0.2, -0.15) is 0 Å². The lowest BCUT2D eigenvalue weighted by molar-refractivity contribution is 0.0600. The molecule has 1 aliphatic rings. The minimum atomic E-state index is -0.319. The van der Waals surface area contributed by atoms with Crippen molar-refractivity contribution in [1.29, 1.82) is 0 Å². The number of likely N-dealkylation sites (tertiary alicyclic amines) is 1. The number of hydrogen-bond donors (Lipinski definition) is 1. The van der Waals surface area contributed by atoms with Crippen LogP contribution in [0.5, 0.6) is 0 Å². The quantitative estimate of drug-likeness (QED) is 0.689. The van der Waals surface area contributed by atoms with Gasteiger partial charge in [-0.15, -0.1) is 0 Å². The monoisotopic (exact) mass is 424 g/mol. The average molecular weight is 425 g/mol. The number of rotatable bonds is 7. The van der Waals surface area contributed by atoms with Gasteiger partial charge in [0.25, 0.3) is 0 Å². The number of pyridine rings is 1. The van der Waals surface area contributed by atoms with Crippen molar-refractivity contribution in [3.63, 3.8) is 0 Å². The third-order valence-corrected chi connectivity index (χ3v) is 5.53. The number of nitrogens with one attached hydrogen (secondary N) is 1. The molecule has 2 heterocycles. The van der Waals surface area contributed by atoms with Crippen molar-refractivity contribution in [3.05, 3.63) is 65.5 Å². The number of benzene rings is 1. The number of piperidine rings is 1. The van der Waals surface area contributed by atoms with Crippen LogP contribution < -0.4 is 5.32 Å². The summed E-state index contributed by atoms with van der Waals surface area (Å²) in [5, 5.41) is 3.05. The highest BCUT2D eigenvalue weighted by Crippen LogP contribution is 2.21. The van der Waals surface area contributed by atoms with Crippen molar-refractivity contribution >= 4 is 12.0 Å². The van der Waals surface area contributed by atoms with E-state index >= 15 is 0 Å². The maximum absolute atomic E-state index is 12.9. The third kappa shape index (κ3) is 6.52. The molecule has 0 atom stereocenters. The lowest BCUT2D eigenvalue weighted by atomic mass is 10.0. The van der Waals surface area contributed by atoms with Crippen molar-refractivity contribution in [1.82, 2.24) is 20.1 Å². The Balaban J connectivity index is 1.59. The molecule has 7 nitrogen and oxygen atoms in total. The van der Waals surface area contributed by atoms with Crippen molar-refractivity contribution in [2.45, 2.75) is 51.9 Å². The number of hydrogen-bond acceptors (Lipinski definition) is 5. The highest BCUT2D eigenvalue weighted by molar-refractivity contribution is 5.89. The molecule has 7 heteroatoms. The van der Waals surface area contributed by atoms with Gasteiger partial charge in [-0.25, -0.2) is 9.59 Å². The summed E-state index contributed by atoms with van der Waals surface area (Å²) in [6.45, 7) is 7.19. The van der Waals surface area contributed by atoms with Gasteiger partial charge < -0.3 is 15.0 Å². The molecule has 1 aliphatic heterocycles. The van der Waals surface area contributed by atoms with Gasteiger partial charge in [0.15, 0.2) is 0 Å². The van der Waals surface area contributed by atoms with Crippen LogP contribution in [0.25, 0.3) is 0 Å². The van der Waals surface area contributed by atoms with E-state index in [-0.39, 0.29) is 24.1 Å². The highest BCUT2D eigenvalue weighted by Gasteiger charge is 2.28. The number of carbonyl (C=O) groups is 2. The summed E-state index contributed by atoms with van der Waals surface area (Å²) in [6, 6.07) is 11.7. The number of methoxy groups -OCH3 is 1. The standard InChI is InChI=1S/C24H32N4O3/c1-18(2)26-24(30)28(17-20-5-4-12-25-15-20)22-10-13-27(14-11-22)16-19-6-8-21(9-7-19)23(29)31-3/h4-9,12,15,18,22H,10-11,13-14,16-17H2,1-3H3,(H,26,30). The zero-order chi connectivity index (χ0) is 22.2. The Labute approximate surface area is 184 Å². The molecule has 0 spiro atoms. The number of aromatic nitrogens is 1. The lowest BCUT2D eigenvalue weighted by Gasteiger charge is -2.39. The summed E-state index contributed by atoms with van der Waals surface area (Å²) in [5.41, 5.74) is 2.76. The van der Waals surface area contributed by atoms with E-state index in [9.17, 15) is 9.59 Å². The fourth-order valence-electron chi connectivity index (χ4n) is 3.90. The van der Waals surface area contributed by atoms with Crippen LogP contribution in [0, 0.1) is 0 Å². The van der Waals surface area contributed by atoms with Gasteiger partial charge in [-0.3, -0.25) is 9.88 Å². The second-order valence-electron chi connectivity index (χ2n) is 8.29. The lowest BCUT2D eigenvalue weighted by Crippen LogP contribution is -2.51. The van der Waals surface area contributed by atoms with E-state index in [0.29, 0.717) is 12.1 Å². The van der Waals surface area contributed by atoms with E-state index in [4.69, 9.17) is 4.74 Å². The van der Waals surface area contributed by atoms with Crippen molar-refractivity contribution < 1.29 is 14.3 Å². The van der Waals surface area contributed by atoms with Gasteiger partial charge in [0.1, 0.15) is 0 Å². The topological polar surface area (TPSA) is 74.8 Å². The van der Waals surface area contributed by atoms with Crippen LogP contribution in [0.1, 0.15) is 48.2 Å². The van der Waals surface area contributed by atoms with Gasteiger partial charge in [-0.05, 0) is 56.0 Å². The molecule has 1 aromatic carbocycles. The first-order chi connectivity index (χ1) is 15.0. The van der Waals surface area contributed by atoms with E-state index in [1.54, 1.807) is 18.3 Å². The van der Waals surface area contributed by atoms with Crippen molar-refractivity contribution in [3.8, 4) is 0 Å². The number of ether oxygens (including phenoxy) is 1. The molecular formula is C24H32N4O3. The van der Waals surface area contributed by atoms with Crippen LogP contribution in [0.2, 0.25) is 0 Å². The molecule has 1 N–H and O–H groups in total. The van der Waals surface area contributed by atoms with Crippen LogP contribution in [-0.2, 0) is 17.8 Å². The van der Waals surface area contributed by atoms with E-state index < -0.39 is 0 Å². The third-order valence-electron chi connectivity index (χ3n) is 5.53. The summed E-state index contributed by atoms with van der Waals surface area (Å²) in [4.78, 5) is 33.0. The first-order valence-corrected chi connectivity index (χ1v) is 10.8. The maximum Gasteiger partial charge on any atom is 0.337 e. The normalized spacial score (nSPS) is 15.0. The Hall–Kier alpha value is -2.93. The molecule has 0 bridgehead atoms. The van der Waals surface area contributed by atoms with Gasteiger partial charge in [-0.1, -0.05) is 18.2 Å². The summed E-state index contributed by atoms with van der Waals surface area (Å²) in [5.74, 6) is -0.319. The number of esters is 1. The largest absolute Gasteiger partial charge is 0.465 e. The number of nitrogens with zero attached hydrogens (tertiary/aromatic N) is 3. The van der Waals surface area contributed by atoms with E-state index in [0.717, 1.165) is 43.6 Å². The van der Waals surface area contributed by atoms with Crippen LogP contribution in [0.3, 0.4) is 0 Å². The predicted molar refractivity (Wildman–Crippen MR) is 120 cm³/mol. The number of carbonyl (C=O) groups excluding carboxylic acids is 2. The molecular weight excluding hydrogens is 392 g/mol. The number of urea groups is 1. The van der Waals surface area contributed by atoms with E-state index in [1.807, 2.05) is 49.2 Å². The highest BCUT2D eigenvalue weighted by atomic mass is 16.5. The summed E-state index contributed by atoms with van der Waals surface area (Å²) in [7, 11) is 1.39. The molecule has 1 saturated heterocycles. The summed E-state index contributed by atoms with van der Waals surface area (Å²) >= 11 is 0. The molecule has 0 radical (unpaired) electrons. The van der Waals surface area contributed by atoms with Crippen LogP contribution in [0.4, 0.5) is 4.79 Å². The molecule has 2 aromatic rings. The summed E-state index contributed by atoms with van der Waals surface area (Å²) in [6.07, 6.45) is 5.42. The first-order valence-electron chi connectivity index (χ1n) is 10.8. The molecule has 3 rings (SSSR count). The molecule has 1 fully saturated rings. The Morgan fingerprint density at radius 3 is 2.45 bits per heavy atom. The van der Waals surface area contributed by atoms with Crippen LogP contribution >= 0.6 is 0 Å². The molecule has 0 aliphatic carbocycles. The molecule has 1 aromatic heterocycles.